The number of anilines is 1. The Morgan fingerprint density at radius 2 is 1.80 bits per heavy atom. The number of hydroxylamine groups is 1. The number of rotatable bonds is 10. The number of nitrogens with zero attached hydrogens (tertiary/aromatic N) is 3. The van der Waals surface area contributed by atoms with Gasteiger partial charge in [0.2, 0.25) is 11.6 Å². The van der Waals surface area contributed by atoms with E-state index >= 15 is 0 Å². The number of ether oxygens (including phenoxy) is 1. The van der Waals surface area contributed by atoms with Gasteiger partial charge >= 0.3 is 0 Å². The summed E-state index contributed by atoms with van der Waals surface area (Å²) in [4.78, 5) is 32.5. The first-order valence-corrected chi connectivity index (χ1v) is 11.8. The first-order chi connectivity index (χ1) is 17.0. The number of para-hydroxylation sites is 2. The maximum atomic E-state index is 13.3. The van der Waals surface area contributed by atoms with E-state index in [4.69, 9.17) is 16.5 Å². The Bertz CT molecular complexity index is 1030. The van der Waals surface area contributed by atoms with Gasteiger partial charge in [0.15, 0.2) is 0 Å². The summed E-state index contributed by atoms with van der Waals surface area (Å²) in [6.45, 7) is 11.8. The number of hydrogen-bond donors (Lipinski definition) is 3. The topological polar surface area (TPSA) is 107 Å². The van der Waals surface area contributed by atoms with Crippen molar-refractivity contribution in [2.24, 2.45) is 5.92 Å². The quantitative estimate of drug-likeness (QED) is 0.274. The average molecular weight is 481 g/mol. The van der Waals surface area contributed by atoms with Crippen molar-refractivity contribution in [3.63, 3.8) is 0 Å². The second-order valence-corrected chi connectivity index (χ2v) is 8.41. The van der Waals surface area contributed by atoms with E-state index in [0.717, 1.165) is 17.0 Å². The van der Waals surface area contributed by atoms with Crippen LogP contribution in [0.2, 0.25) is 0 Å². The van der Waals surface area contributed by atoms with Crippen molar-refractivity contribution in [1.82, 2.24) is 10.4 Å². The van der Waals surface area contributed by atoms with Gasteiger partial charge in [-0.05, 0) is 49.9 Å². The summed E-state index contributed by atoms with van der Waals surface area (Å²) in [6, 6.07) is 15.1. The first kappa shape index (κ1) is 26.0. The lowest BCUT2D eigenvalue weighted by Crippen LogP contribution is -2.53. The van der Waals surface area contributed by atoms with Crippen molar-refractivity contribution in [2.45, 2.75) is 32.3 Å². The molecule has 0 aromatic heterocycles. The van der Waals surface area contributed by atoms with Crippen LogP contribution in [0.25, 0.3) is 4.85 Å². The van der Waals surface area contributed by atoms with Crippen LogP contribution in [0.4, 0.5) is 11.4 Å². The minimum atomic E-state index is -1.64. The maximum Gasteiger partial charge on any atom is 0.272 e. The number of aliphatic hydroxyl groups excluding tert-OH is 1. The van der Waals surface area contributed by atoms with Crippen LogP contribution in [0.1, 0.15) is 25.3 Å². The van der Waals surface area contributed by atoms with E-state index < -0.39 is 17.9 Å². The Morgan fingerprint density at radius 3 is 2.43 bits per heavy atom. The SMILES string of the molecule is [C-]#[N+]c1ccccc1N1CCN(C(=O)[C@H](CCCc2ccc(OCC)cc2)[C@H](O)C(=O)NO)CC1. The summed E-state index contributed by atoms with van der Waals surface area (Å²) < 4.78 is 5.45. The van der Waals surface area contributed by atoms with Gasteiger partial charge in [0.1, 0.15) is 11.9 Å². The maximum absolute atomic E-state index is 13.3. The number of amides is 2. The van der Waals surface area contributed by atoms with Crippen LogP contribution in [0.15, 0.2) is 48.5 Å². The highest BCUT2D eigenvalue weighted by molar-refractivity contribution is 5.89. The van der Waals surface area contributed by atoms with Crippen molar-refractivity contribution in [2.75, 3.05) is 37.7 Å². The highest BCUT2D eigenvalue weighted by Crippen LogP contribution is 2.29. The van der Waals surface area contributed by atoms with Gasteiger partial charge in [0, 0.05) is 31.9 Å². The summed E-state index contributed by atoms with van der Waals surface area (Å²) in [6.07, 6.45) is -0.0984. The minimum Gasteiger partial charge on any atom is -0.494 e. The van der Waals surface area contributed by atoms with Crippen LogP contribution in [0.5, 0.6) is 5.75 Å². The molecule has 0 saturated carbocycles. The Hall–Kier alpha value is -3.61. The summed E-state index contributed by atoms with van der Waals surface area (Å²) in [7, 11) is 0. The van der Waals surface area contributed by atoms with Crippen LogP contribution < -0.4 is 15.1 Å². The molecule has 9 nitrogen and oxygen atoms in total. The minimum absolute atomic E-state index is 0.293. The van der Waals surface area contributed by atoms with E-state index in [-0.39, 0.29) is 5.91 Å². The number of benzene rings is 2. The van der Waals surface area contributed by atoms with Crippen molar-refractivity contribution in [3.8, 4) is 5.75 Å². The average Bonchev–Trinajstić information content (AvgIpc) is 2.91. The van der Waals surface area contributed by atoms with E-state index in [2.05, 4.69) is 9.74 Å². The predicted molar refractivity (Wildman–Crippen MR) is 131 cm³/mol. The molecule has 0 unspecified atom stereocenters. The molecule has 0 bridgehead atoms. The van der Waals surface area contributed by atoms with Gasteiger partial charge in [0.05, 0.1) is 19.1 Å². The molecule has 1 heterocycles. The molecule has 2 aromatic rings. The fourth-order valence-electron chi connectivity index (χ4n) is 4.34. The zero-order valence-corrected chi connectivity index (χ0v) is 19.9. The zero-order chi connectivity index (χ0) is 25.2. The summed E-state index contributed by atoms with van der Waals surface area (Å²) in [5, 5.41) is 19.5. The van der Waals surface area contributed by atoms with Crippen LogP contribution in [-0.2, 0) is 16.0 Å². The molecule has 35 heavy (non-hydrogen) atoms. The fourth-order valence-corrected chi connectivity index (χ4v) is 4.34. The van der Waals surface area contributed by atoms with E-state index in [9.17, 15) is 14.7 Å². The summed E-state index contributed by atoms with van der Waals surface area (Å²) >= 11 is 0. The first-order valence-electron chi connectivity index (χ1n) is 11.8. The Morgan fingerprint density at radius 1 is 1.11 bits per heavy atom. The number of nitrogens with one attached hydrogen (secondary N) is 1. The molecular weight excluding hydrogens is 448 g/mol. The van der Waals surface area contributed by atoms with Crippen molar-refractivity contribution >= 4 is 23.2 Å². The Labute approximate surface area is 205 Å². The lowest BCUT2D eigenvalue weighted by molar-refractivity contribution is -0.150. The van der Waals surface area contributed by atoms with E-state index in [0.29, 0.717) is 57.7 Å². The van der Waals surface area contributed by atoms with Crippen molar-refractivity contribution in [3.05, 3.63) is 65.5 Å². The zero-order valence-electron chi connectivity index (χ0n) is 19.9. The molecule has 1 saturated heterocycles. The summed E-state index contributed by atoms with van der Waals surface area (Å²) in [5.41, 5.74) is 3.92. The molecule has 0 aliphatic carbocycles. The highest BCUT2D eigenvalue weighted by atomic mass is 16.5. The second-order valence-electron chi connectivity index (χ2n) is 8.41. The van der Waals surface area contributed by atoms with Crippen molar-refractivity contribution < 1.29 is 24.6 Å². The lowest BCUT2D eigenvalue weighted by atomic mass is 9.92. The van der Waals surface area contributed by atoms with Gasteiger partial charge in [-0.15, -0.1) is 0 Å². The number of carbonyl (C=O) groups is 2. The van der Waals surface area contributed by atoms with E-state index in [1.165, 1.54) is 5.48 Å². The number of carbonyl (C=O) groups excluding carboxylic acids is 2. The van der Waals surface area contributed by atoms with Crippen LogP contribution >= 0.6 is 0 Å². The van der Waals surface area contributed by atoms with Crippen LogP contribution in [0, 0.1) is 12.5 Å². The fraction of sp³-hybridized carbons (Fsp3) is 0.423. The smallest absolute Gasteiger partial charge is 0.272 e. The number of aryl methyl sites for hydroxylation is 1. The van der Waals surface area contributed by atoms with Gasteiger partial charge < -0.3 is 19.6 Å². The number of piperazine rings is 1. The standard InChI is InChI=1S/C26H32N4O5/c1-3-35-20-13-11-19(12-14-20)7-6-8-21(24(31)25(32)28-34)26(33)30-17-15-29(16-18-30)23-10-5-4-9-22(23)27-2/h4-5,9-14,21,24,31,34H,3,6-8,15-18H2,1H3,(H,28,32)/t21-,24+/m1/s1. The predicted octanol–water partition coefficient (Wildman–Crippen LogP) is 2.79. The molecule has 0 radical (unpaired) electrons. The molecule has 2 aromatic carbocycles. The third-order valence-electron chi connectivity index (χ3n) is 6.23. The molecule has 0 spiro atoms. The summed E-state index contributed by atoms with van der Waals surface area (Å²) in [5.74, 6) is -1.48. The monoisotopic (exact) mass is 480 g/mol. The molecule has 2 amide bonds. The van der Waals surface area contributed by atoms with Gasteiger partial charge in [-0.2, -0.15) is 0 Å². The largest absolute Gasteiger partial charge is 0.494 e. The molecule has 1 aliphatic rings. The molecular formula is C26H32N4O5. The van der Waals surface area contributed by atoms with Crippen molar-refractivity contribution in [1.29, 1.82) is 0 Å². The third kappa shape index (κ3) is 6.72. The van der Waals surface area contributed by atoms with Gasteiger partial charge in [-0.3, -0.25) is 14.8 Å². The molecule has 2 atom stereocenters. The van der Waals surface area contributed by atoms with Crippen LogP contribution in [-0.4, -0.2) is 65.9 Å². The molecule has 186 valence electrons. The Balaban J connectivity index is 1.62. The molecule has 3 N–H and O–H groups in total. The molecule has 1 fully saturated rings. The van der Waals surface area contributed by atoms with Gasteiger partial charge in [-0.1, -0.05) is 30.3 Å². The number of hydrogen-bond acceptors (Lipinski definition) is 6. The molecule has 9 heteroatoms. The Kier molecular flexibility index (Phi) is 9.47. The normalized spacial score (nSPS) is 15.1. The van der Waals surface area contributed by atoms with E-state index in [1.54, 1.807) is 11.0 Å². The third-order valence-corrected chi connectivity index (χ3v) is 6.23. The second kappa shape index (κ2) is 12.7. The van der Waals surface area contributed by atoms with Gasteiger partial charge in [0.25, 0.3) is 5.91 Å². The van der Waals surface area contributed by atoms with E-state index in [1.807, 2.05) is 49.4 Å². The number of aliphatic hydroxyl groups is 1. The van der Waals surface area contributed by atoms with Crippen LogP contribution in [0.3, 0.4) is 0 Å². The molecule has 3 rings (SSSR count). The molecule has 1 aliphatic heterocycles. The highest BCUT2D eigenvalue weighted by Gasteiger charge is 2.35. The van der Waals surface area contributed by atoms with Gasteiger partial charge in [-0.25, -0.2) is 10.3 Å². The lowest BCUT2D eigenvalue weighted by Gasteiger charge is -2.38.